The molecule has 282 valence electrons. The highest BCUT2D eigenvalue weighted by Crippen LogP contribution is 2.51. The summed E-state index contributed by atoms with van der Waals surface area (Å²) in [6.45, 7) is 4.71. The van der Waals surface area contributed by atoms with E-state index >= 15 is 0 Å². The van der Waals surface area contributed by atoms with Crippen molar-refractivity contribution >= 4 is 77.0 Å². The Bertz CT molecular complexity index is 3680. The molecule has 0 unspecified atom stereocenters. The minimum Gasteiger partial charge on any atom is -0.435 e. The van der Waals surface area contributed by atoms with E-state index in [-0.39, 0.29) is 5.41 Å². The Hall–Kier alpha value is -7.69. The van der Waals surface area contributed by atoms with Crippen molar-refractivity contribution in [3.05, 3.63) is 199 Å². The van der Waals surface area contributed by atoms with E-state index in [1.807, 2.05) is 18.2 Å². The van der Waals surface area contributed by atoms with E-state index in [2.05, 4.69) is 193 Å². The third-order valence-corrected chi connectivity index (χ3v) is 13.1. The van der Waals surface area contributed by atoms with Gasteiger partial charge in [-0.3, -0.25) is 0 Å². The summed E-state index contributed by atoms with van der Waals surface area (Å²) in [5.74, 6) is 0.629. The number of oxazole rings is 1. The molecular weight excluding hydrogens is 731 g/mol. The average molecular weight is 768 g/mol. The van der Waals surface area contributed by atoms with Gasteiger partial charge in [0, 0.05) is 44.2 Å². The second-order valence-corrected chi connectivity index (χ2v) is 16.7. The average Bonchev–Trinajstić information content (AvgIpc) is 4.03. The van der Waals surface area contributed by atoms with Crippen LogP contribution in [0.5, 0.6) is 0 Å². The lowest BCUT2D eigenvalue weighted by Gasteiger charge is -2.28. The molecule has 0 fully saturated rings. The van der Waals surface area contributed by atoms with Crippen LogP contribution in [-0.2, 0) is 5.41 Å². The molecule has 0 aliphatic heterocycles. The SMILES string of the molecule is CC1(C)c2ccccc2-c2ccc(N(c3ccc(-c4cccc5ccccc45)cc3)c3ccc4c(c3)c3c5oc(-c6ccccc6)nc5cc5c6ccccc6n4c53)cc21. The second kappa shape index (κ2) is 12.2. The van der Waals surface area contributed by atoms with E-state index in [0.29, 0.717) is 5.89 Å². The molecule has 1 aliphatic rings. The number of benzene rings is 9. The molecular formula is C56H37N3O. The van der Waals surface area contributed by atoms with Crippen LogP contribution in [0.25, 0.3) is 93.7 Å². The molecule has 1 aliphatic carbocycles. The smallest absolute Gasteiger partial charge is 0.227 e. The Morgan fingerprint density at radius 1 is 0.483 bits per heavy atom. The fourth-order valence-corrected chi connectivity index (χ4v) is 10.3. The largest absolute Gasteiger partial charge is 0.435 e. The first-order valence-electron chi connectivity index (χ1n) is 20.7. The molecule has 0 bridgehead atoms. The van der Waals surface area contributed by atoms with Gasteiger partial charge in [-0.1, -0.05) is 135 Å². The van der Waals surface area contributed by atoms with Crippen LogP contribution >= 0.6 is 0 Å². The van der Waals surface area contributed by atoms with Crippen molar-refractivity contribution in [2.45, 2.75) is 19.3 Å². The Labute approximate surface area is 346 Å². The molecule has 3 aromatic heterocycles. The van der Waals surface area contributed by atoms with Crippen LogP contribution in [-0.4, -0.2) is 9.38 Å². The molecule has 3 heterocycles. The van der Waals surface area contributed by atoms with Crippen molar-refractivity contribution < 1.29 is 4.42 Å². The summed E-state index contributed by atoms with van der Waals surface area (Å²) in [5, 5.41) is 7.10. The number of anilines is 3. The maximum atomic E-state index is 6.79. The monoisotopic (exact) mass is 767 g/mol. The van der Waals surface area contributed by atoms with Gasteiger partial charge in [-0.2, -0.15) is 0 Å². The van der Waals surface area contributed by atoms with Gasteiger partial charge in [0.15, 0.2) is 5.58 Å². The quantitative estimate of drug-likeness (QED) is 0.175. The van der Waals surface area contributed by atoms with E-state index in [0.717, 1.165) is 55.5 Å². The highest BCUT2D eigenvalue weighted by atomic mass is 16.3. The Morgan fingerprint density at radius 3 is 2.03 bits per heavy atom. The molecule has 0 spiro atoms. The van der Waals surface area contributed by atoms with Crippen molar-refractivity contribution in [1.29, 1.82) is 0 Å². The Morgan fingerprint density at radius 2 is 1.15 bits per heavy atom. The van der Waals surface area contributed by atoms with Crippen LogP contribution in [0.4, 0.5) is 17.1 Å². The van der Waals surface area contributed by atoms with E-state index < -0.39 is 0 Å². The van der Waals surface area contributed by atoms with Crippen molar-refractivity contribution in [3.63, 3.8) is 0 Å². The molecule has 0 radical (unpaired) electrons. The standard InChI is InChI=1S/C56H37N3O/c1-56(2)47-21-10-8-18-42(47)43-29-27-39(32-48(43)56)58(37-25-23-35(24-26-37)41-20-12-16-34-13-6-7-17-40(34)41)38-28-30-51-46(31-38)52-53-45(44-19-9-11-22-50(44)59(51)53)33-49-54(52)60-55(57-49)36-14-4-3-5-15-36/h3-33H,1-2H3. The van der Waals surface area contributed by atoms with Crippen LogP contribution in [0.2, 0.25) is 0 Å². The number of para-hydroxylation sites is 1. The minimum absolute atomic E-state index is 0.141. The lowest BCUT2D eigenvalue weighted by Crippen LogP contribution is -2.16. The normalized spacial score (nSPS) is 13.3. The van der Waals surface area contributed by atoms with Crippen LogP contribution in [0.15, 0.2) is 192 Å². The molecule has 9 aromatic carbocycles. The van der Waals surface area contributed by atoms with E-state index in [1.54, 1.807) is 0 Å². The molecule has 0 amide bonds. The van der Waals surface area contributed by atoms with Gasteiger partial charge in [0.2, 0.25) is 5.89 Å². The molecule has 4 heteroatoms. The van der Waals surface area contributed by atoms with Gasteiger partial charge in [0.25, 0.3) is 0 Å². The third kappa shape index (κ3) is 4.59. The number of nitrogens with zero attached hydrogens (tertiary/aromatic N) is 3. The molecule has 0 saturated heterocycles. The van der Waals surface area contributed by atoms with Gasteiger partial charge in [-0.05, 0) is 111 Å². The first-order valence-corrected chi connectivity index (χ1v) is 20.7. The van der Waals surface area contributed by atoms with Gasteiger partial charge in [0.05, 0.1) is 21.9 Å². The first-order chi connectivity index (χ1) is 29.5. The van der Waals surface area contributed by atoms with Gasteiger partial charge in [-0.25, -0.2) is 4.98 Å². The van der Waals surface area contributed by atoms with Crippen molar-refractivity contribution in [1.82, 2.24) is 9.38 Å². The van der Waals surface area contributed by atoms with Gasteiger partial charge in [0.1, 0.15) is 5.52 Å². The minimum atomic E-state index is -0.141. The van der Waals surface area contributed by atoms with Gasteiger partial charge < -0.3 is 13.7 Å². The summed E-state index contributed by atoms with van der Waals surface area (Å²) in [6, 6.07) is 68.2. The van der Waals surface area contributed by atoms with E-state index in [9.17, 15) is 0 Å². The summed E-state index contributed by atoms with van der Waals surface area (Å²) in [5.41, 5.74) is 17.0. The molecule has 0 N–H and O–H groups in total. The second-order valence-electron chi connectivity index (χ2n) is 16.7. The predicted octanol–water partition coefficient (Wildman–Crippen LogP) is 15.2. The van der Waals surface area contributed by atoms with Crippen molar-refractivity contribution in [2.75, 3.05) is 4.90 Å². The number of fused-ring (bicyclic) bond motifs is 12. The molecule has 12 aromatic rings. The number of hydrogen-bond acceptors (Lipinski definition) is 3. The first kappa shape index (κ1) is 33.3. The van der Waals surface area contributed by atoms with Gasteiger partial charge >= 0.3 is 0 Å². The zero-order chi connectivity index (χ0) is 39.7. The molecule has 0 atom stereocenters. The van der Waals surface area contributed by atoms with Crippen molar-refractivity contribution in [3.8, 4) is 33.7 Å². The molecule has 60 heavy (non-hydrogen) atoms. The third-order valence-electron chi connectivity index (χ3n) is 13.1. The maximum absolute atomic E-state index is 6.79. The van der Waals surface area contributed by atoms with E-state index in [4.69, 9.17) is 9.40 Å². The number of hydrogen-bond donors (Lipinski definition) is 0. The number of aromatic nitrogens is 2. The summed E-state index contributed by atoms with van der Waals surface area (Å²) >= 11 is 0. The molecule has 4 nitrogen and oxygen atoms in total. The van der Waals surface area contributed by atoms with Gasteiger partial charge in [-0.15, -0.1) is 0 Å². The summed E-state index contributed by atoms with van der Waals surface area (Å²) in [6.07, 6.45) is 0. The highest BCUT2D eigenvalue weighted by Gasteiger charge is 2.36. The van der Waals surface area contributed by atoms with Crippen molar-refractivity contribution in [2.24, 2.45) is 0 Å². The van der Waals surface area contributed by atoms with Crippen LogP contribution in [0, 0.1) is 0 Å². The summed E-state index contributed by atoms with van der Waals surface area (Å²) < 4.78 is 9.21. The lowest BCUT2D eigenvalue weighted by atomic mass is 9.82. The highest BCUT2D eigenvalue weighted by molar-refractivity contribution is 6.30. The summed E-state index contributed by atoms with van der Waals surface area (Å²) in [7, 11) is 0. The summed E-state index contributed by atoms with van der Waals surface area (Å²) in [4.78, 5) is 7.53. The Balaban J connectivity index is 1.06. The maximum Gasteiger partial charge on any atom is 0.227 e. The zero-order valence-corrected chi connectivity index (χ0v) is 33.1. The number of rotatable bonds is 5. The topological polar surface area (TPSA) is 33.7 Å². The molecule has 13 rings (SSSR count). The lowest BCUT2D eigenvalue weighted by molar-refractivity contribution is 0.623. The van der Waals surface area contributed by atoms with Crippen LogP contribution < -0.4 is 4.90 Å². The van der Waals surface area contributed by atoms with Crippen LogP contribution in [0.1, 0.15) is 25.0 Å². The fourth-order valence-electron chi connectivity index (χ4n) is 10.3. The zero-order valence-electron chi connectivity index (χ0n) is 33.1. The Kier molecular flexibility index (Phi) is 6.75. The molecule has 0 saturated carbocycles. The van der Waals surface area contributed by atoms with Crippen LogP contribution in [0.3, 0.4) is 0 Å². The fraction of sp³-hybridized carbons (Fsp3) is 0.0536. The van der Waals surface area contributed by atoms with E-state index in [1.165, 1.54) is 60.4 Å². The predicted molar refractivity (Wildman–Crippen MR) is 249 cm³/mol.